The molecule has 112 valence electrons. The standard InChI is InChI=1S/C20H20O2/c1-2-20(12-21-13-20)14-22-19-8-7-17-9-15-5-3-4-6-16(15)10-18(17)11-19/h3-11H,2,12-14H2,1H3. The van der Waals surface area contributed by atoms with Crippen molar-refractivity contribution >= 4 is 21.5 Å². The van der Waals surface area contributed by atoms with Gasteiger partial charge in [-0.1, -0.05) is 37.3 Å². The van der Waals surface area contributed by atoms with E-state index in [2.05, 4.69) is 61.5 Å². The molecule has 2 heteroatoms. The zero-order chi connectivity index (χ0) is 15.0. The van der Waals surface area contributed by atoms with Crippen molar-refractivity contribution in [2.45, 2.75) is 13.3 Å². The summed E-state index contributed by atoms with van der Waals surface area (Å²) in [5, 5.41) is 5.03. The van der Waals surface area contributed by atoms with Crippen LogP contribution in [-0.4, -0.2) is 19.8 Å². The topological polar surface area (TPSA) is 18.5 Å². The van der Waals surface area contributed by atoms with Crippen LogP contribution in [0.2, 0.25) is 0 Å². The summed E-state index contributed by atoms with van der Waals surface area (Å²) in [5.41, 5.74) is 0.221. The minimum atomic E-state index is 0.221. The Bertz CT molecular complexity index is 813. The smallest absolute Gasteiger partial charge is 0.119 e. The van der Waals surface area contributed by atoms with Crippen molar-refractivity contribution in [3.8, 4) is 5.75 Å². The van der Waals surface area contributed by atoms with Crippen LogP contribution < -0.4 is 4.74 Å². The summed E-state index contributed by atoms with van der Waals surface area (Å²) >= 11 is 0. The van der Waals surface area contributed by atoms with E-state index in [-0.39, 0.29) is 5.41 Å². The summed E-state index contributed by atoms with van der Waals surface area (Å²) in [4.78, 5) is 0. The van der Waals surface area contributed by atoms with Gasteiger partial charge in [-0.25, -0.2) is 0 Å². The molecule has 0 N–H and O–H groups in total. The van der Waals surface area contributed by atoms with E-state index in [1.165, 1.54) is 21.5 Å². The summed E-state index contributed by atoms with van der Waals surface area (Å²) in [5.74, 6) is 0.947. The third kappa shape index (κ3) is 2.34. The van der Waals surface area contributed by atoms with E-state index >= 15 is 0 Å². The van der Waals surface area contributed by atoms with Gasteiger partial charge in [0.15, 0.2) is 0 Å². The number of benzene rings is 3. The van der Waals surface area contributed by atoms with E-state index in [0.29, 0.717) is 0 Å². The van der Waals surface area contributed by atoms with Gasteiger partial charge < -0.3 is 9.47 Å². The van der Waals surface area contributed by atoms with Crippen molar-refractivity contribution < 1.29 is 9.47 Å². The molecule has 4 rings (SSSR count). The third-order valence-corrected chi connectivity index (χ3v) is 4.79. The van der Waals surface area contributed by atoms with Gasteiger partial charge in [-0.3, -0.25) is 0 Å². The zero-order valence-electron chi connectivity index (χ0n) is 12.8. The first-order chi connectivity index (χ1) is 10.8. The molecule has 0 aliphatic carbocycles. The van der Waals surface area contributed by atoms with Gasteiger partial charge in [0.05, 0.1) is 25.2 Å². The van der Waals surface area contributed by atoms with Crippen molar-refractivity contribution in [2.75, 3.05) is 19.8 Å². The van der Waals surface area contributed by atoms with Gasteiger partial charge in [0.25, 0.3) is 0 Å². The first kappa shape index (κ1) is 13.6. The van der Waals surface area contributed by atoms with Crippen LogP contribution in [0.4, 0.5) is 0 Å². The van der Waals surface area contributed by atoms with Crippen LogP contribution in [0.15, 0.2) is 54.6 Å². The van der Waals surface area contributed by atoms with Gasteiger partial charge >= 0.3 is 0 Å². The highest BCUT2D eigenvalue weighted by Crippen LogP contribution is 2.33. The average Bonchev–Trinajstić information content (AvgIpc) is 2.52. The van der Waals surface area contributed by atoms with Crippen molar-refractivity contribution in [2.24, 2.45) is 5.41 Å². The van der Waals surface area contributed by atoms with Crippen LogP contribution >= 0.6 is 0 Å². The predicted molar refractivity (Wildman–Crippen MR) is 90.5 cm³/mol. The van der Waals surface area contributed by atoms with Crippen molar-refractivity contribution in [3.63, 3.8) is 0 Å². The molecule has 0 saturated carbocycles. The molecule has 22 heavy (non-hydrogen) atoms. The maximum atomic E-state index is 6.04. The lowest BCUT2D eigenvalue weighted by Crippen LogP contribution is -2.46. The quantitative estimate of drug-likeness (QED) is 0.643. The molecule has 0 amide bonds. The van der Waals surface area contributed by atoms with Crippen molar-refractivity contribution in [1.82, 2.24) is 0 Å². The van der Waals surface area contributed by atoms with Crippen molar-refractivity contribution in [1.29, 1.82) is 0 Å². The van der Waals surface area contributed by atoms with Gasteiger partial charge in [-0.15, -0.1) is 0 Å². The summed E-state index contributed by atoms with van der Waals surface area (Å²) < 4.78 is 11.4. The Labute approximate surface area is 130 Å². The lowest BCUT2D eigenvalue weighted by atomic mass is 9.84. The number of fused-ring (bicyclic) bond motifs is 2. The normalized spacial score (nSPS) is 16.6. The Morgan fingerprint density at radius 2 is 1.59 bits per heavy atom. The molecule has 0 spiro atoms. The Morgan fingerprint density at radius 1 is 0.909 bits per heavy atom. The van der Waals surface area contributed by atoms with Crippen LogP contribution in [0.3, 0.4) is 0 Å². The largest absolute Gasteiger partial charge is 0.493 e. The van der Waals surface area contributed by atoms with Crippen LogP contribution in [-0.2, 0) is 4.74 Å². The van der Waals surface area contributed by atoms with E-state index in [4.69, 9.17) is 9.47 Å². The van der Waals surface area contributed by atoms with E-state index in [1.807, 2.05) is 0 Å². The van der Waals surface area contributed by atoms with Crippen molar-refractivity contribution in [3.05, 3.63) is 54.6 Å². The van der Waals surface area contributed by atoms with Gasteiger partial charge in [-0.2, -0.15) is 0 Å². The highest BCUT2D eigenvalue weighted by Gasteiger charge is 2.37. The van der Waals surface area contributed by atoms with Gasteiger partial charge in [0.1, 0.15) is 5.75 Å². The summed E-state index contributed by atoms with van der Waals surface area (Å²) in [7, 11) is 0. The number of hydrogen-bond donors (Lipinski definition) is 0. The van der Waals surface area contributed by atoms with E-state index in [1.54, 1.807) is 0 Å². The number of rotatable bonds is 4. The molecule has 3 aromatic rings. The maximum Gasteiger partial charge on any atom is 0.119 e. The van der Waals surface area contributed by atoms with Gasteiger partial charge in [0, 0.05) is 0 Å². The molecule has 1 aliphatic rings. The lowest BCUT2D eigenvalue weighted by molar-refractivity contribution is -0.133. The fraction of sp³-hybridized carbons (Fsp3) is 0.300. The molecule has 0 bridgehead atoms. The second-order valence-electron chi connectivity index (χ2n) is 6.34. The molecule has 1 heterocycles. The molecule has 3 aromatic carbocycles. The molecular formula is C20H20O2. The van der Waals surface area contributed by atoms with E-state index in [0.717, 1.165) is 32.0 Å². The second kappa shape index (κ2) is 5.29. The molecule has 1 fully saturated rings. The minimum absolute atomic E-state index is 0.221. The van der Waals surface area contributed by atoms with E-state index < -0.39 is 0 Å². The summed E-state index contributed by atoms with van der Waals surface area (Å²) in [6.45, 7) is 4.59. The van der Waals surface area contributed by atoms with Crippen LogP contribution in [0, 0.1) is 5.41 Å². The Morgan fingerprint density at radius 3 is 2.23 bits per heavy atom. The molecule has 0 unspecified atom stereocenters. The highest BCUT2D eigenvalue weighted by molar-refractivity contribution is 5.98. The molecule has 1 aliphatic heterocycles. The first-order valence-electron chi connectivity index (χ1n) is 7.91. The van der Waals surface area contributed by atoms with Gasteiger partial charge in [-0.05, 0) is 52.2 Å². The van der Waals surface area contributed by atoms with Crippen LogP contribution in [0.5, 0.6) is 5.75 Å². The monoisotopic (exact) mass is 292 g/mol. The average molecular weight is 292 g/mol. The first-order valence-corrected chi connectivity index (χ1v) is 7.91. The molecular weight excluding hydrogens is 272 g/mol. The third-order valence-electron chi connectivity index (χ3n) is 4.79. The number of hydrogen-bond acceptors (Lipinski definition) is 2. The zero-order valence-corrected chi connectivity index (χ0v) is 12.8. The predicted octanol–water partition coefficient (Wildman–Crippen LogP) is 4.80. The second-order valence-corrected chi connectivity index (χ2v) is 6.34. The molecule has 1 saturated heterocycles. The molecule has 0 aromatic heterocycles. The summed E-state index contributed by atoms with van der Waals surface area (Å²) in [6, 6.07) is 19.3. The highest BCUT2D eigenvalue weighted by atomic mass is 16.5. The Kier molecular flexibility index (Phi) is 3.27. The fourth-order valence-corrected chi connectivity index (χ4v) is 3.02. The lowest BCUT2D eigenvalue weighted by Gasteiger charge is -2.40. The molecule has 0 radical (unpaired) electrons. The fourth-order valence-electron chi connectivity index (χ4n) is 3.02. The minimum Gasteiger partial charge on any atom is -0.493 e. The Balaban J connectivity index is 1.63. The van der Waals surface area contributed by atoms with Gasteiger partial charge in [0.2, 0.25) is 0 Å². The molecule has 0 atom stereocenters. The van der Waals surface area contributed by atoms with Crippen LogP contribution in [0.25, 0.3) is 21.5 Å². The Hall–Kier alpha value is -2.06. The van der Waals surface area contributed by atoms with E-state index in [9.17, 15) is 0 Å². The maximum absolute atomic E-state index is 6.04. The molecule has 2 nitrogen and oxygen atoms in total. The SMILES string of the molecule is CCC1(COc2ccc3cc4ccccc4cc3c2)COC1. The van der Waals surface area contributed by atoms with Crippen LogP contribution in [0.1, 0.15) is 13.3 Å². The number of ether oxygens (including phenoxy) is 2. The summed E-state index contributed by atoms with van der Waals surface area (Å²) in [6.07, 6.45) is 1.10.